The summed E-state index contributed by atoms with van der Waals surface area (Å²) in [7, 11) is 0. The lowest BCUT2D eigenvalue weighted by Gasteiger charge is -2.42. The Morgan fingerprint density at radius 3 is 2.08 bits per heavy atom. The fourth-order valence-electron chi connectivity index (χ4n) is 3.54. The zero-order valence-corrected chi connectivity index (χ0v) is 17.0. The Morgan fingerprint density at radius 1 is 1.12 bits per heavy atom. The lowest BCUT2D eigenvalue weighted by atomic mass is 9.62. The van der Waals surface area contributed by atoms with Crippen LogP contribution in [0.3, 0.4) is 0 Å². The first-order chi connectivity index (χ1) is 11.6. The van der Waals surface area contributed by atoms with Crippen molar-refractivity contribution in [2.24, 2.45) is 0 Å². The Hall–Kier alpha value is -1.54. The van der Waals surface area contributed by atoms with Crippen molar-refractivity contribution >= 4 is 16.8 Å². The van der Waals surface area contributed by atoms with Gasteiger partial charge in [0.05, 0.1) is 6.26 Å². The maximum Gasteiger partial charge on any atom is 0.287 e. The van der Waals surface area contributed by atoms with Crippen molar-refractivity contribution < 1.29 is 9.21 Å². The summed E-state index contributed by atoms with van der Waals surface area (Å²) in [6, 6.07) is 8.05. The largest absolute Gasteiger partial charge is 0.460 e. The van der Waals surface area contributed by atoms with Gasteiger partial charge in [0.2, 0.25) is 0 Å². The molecule has 25 heavy (non-hydrogen) atoms. The van der Waals surface area contributed by atoms with Gasteiger partial charge in [-0.05, 0) is 83.0 Å². The van der Waals surface area contributed by atoms with Crippen LogP contribution in [0, 0.1) is 6.92 Å². The lowest BCUT2D eigenvalue weighted by Crippen LogP contribution is -2.34. The van der Waals surface area contributed by atoms with Gasteiger partial charge in [0.1, 0.15) is 0 Å². The van der Waals surface area contributed by atoms with Crippen LogP contribution in [0.4, 0.5) is 0 Å². The van der Waals surface area contributed by atoms with Crippen LogP contribution in [0.1, 0.15) is 80.3 Å². The van der Waals surface area contributed by atoms with Crippen molar-refractivity contribution in [1.82, 2.24) is 0 Å². The van der Waals surface area contributed by atoms with Crippen LogP contribution in [-0.4, -0.2) is 5.24 Å². The van der Waals surface area contributed by atoms with E-state index in [0.717, 1.165) is 6.42 Å². The molecule has 1 aliphatic carbocycles. The maximum atomic E-state index is 10.2. The molecule has 0 saturated carbocycles. The normalized spacial score (nSPS) is 17.2. The van der Waals surface area contributed by atoms with Crippen molar-refractivity contribution in [3.63, 3.8) is 0 Å². The highest BCUT2D eigenvalue weighted by molar-refractivity contribution is 6.67. The molecule has 0 aliphatic heterocycles. The van der Waals surface area contributed by atoms with E-state index in [4.69, 9.17) is 11.6 Å². The molecule has 0 radical (unpaired) electrons. The molecule has 0 N–H and O–H groups in total. The molecule has 3 rings (SSSR count). The van der Waals surface area contributed by atoms with Gasteiger partial charge in [-0.3, -0.25) is 4.79 Å². The van der Waals surface area contributed by atoms with Gasteiger partial charge in [0.25, 0.3) is 5.24 Å². The van der Waals surface area contributed by atoms with Crippen molar-refractivity contribution in [3.8, 4) is 0 Å². The summed E-state index contributed by atoms with van der Waals surface area (Å²) in [4.78, 5) is 10.2. The maximum absolute atomic E-state index is 10.2. The van der Waals surface area contributed by atoms with E-state index in [0.29, 0.717) is 10.8 Å². The number of halogens is 1. The van der Waals surface area contributed by atoms with Crippen LogP contribution in [0.2, 0.25) is 0 Å². The summed E-state index contributed by atoms with van der Waals surface area (Å²) in [5.74, 6) is 0.187. The predicted octanol–water partition coefficient (Wildman–Crippen LogP) is 6.57. The predicted molar refractivity (Wildman–Crippen MR) is 105 cm³/mol. The number of fused-ring (bicyclic) bond motifs is 1. The molecule has 0 spiro atoms. The van der Waals surface area contributed by atoms with E-state index < -0.39 is 5.24 Å². The van der Waals surface area contributed by atoms with E-state index in [1.54, 1.807) is 17.2 Å². The molecule has 136 valence electrons. The third-order valence-corrected chi connectivity index (χ3v) is 5.59. The lowest BCUT2D eigenvalue weighted by molar-refractivity contribution is 0.105. The third kappa shape index (κ3) is 4.36. The van der Waals surface area contributed by atoms with Gasteiger partial charge in [-0.25, -0.2) is 0 Å². The highest BCUT2D eigenvalue weighted by Crippen LogP contribution is 2.46. The second kappa shape index (κ2) is 7.37. The van der Waals surface area contributed by atoms with E-state index in [2.05, 4.69) is 58.1 Å². The molecule has 2 nitrogen and oxygen atoms in total. The molecule has 0 unspecified atom stereocenters. The van der Waals surface area contributed by atoms with E-state index in [1.165, 1.54) is 36.3 Å². The molecule has 2 aromatic rings. The monoisotopic (exact) mass is 360 g/mol. The number of carbonyl (C=O) groups excluding carboxylic acids is 1. The summed E-state index contributed by atoms with van der Waals surface area (Å²) in [5.41, 5.74) is 6.87. The topological polar surface area (TPSA) is 30.2 Å². The molecule has 0 atom stereocenters. The number of rotatable bonds is 2. The van der Waals surface area contributed by atoms with E-state index in [9.17, 15) is 4.79 Å². The number of benzene rings is 1. The molecule has 1 aromatic heterocycles. The summed E-state index contributed by atoms with van der Waals surface area (Å²) in [6.07, 6.45) is 5.16. The zero-order valence-electron chi connectivity index (χ0n) is 16.2. The first-order valence-corrected chi connectivity index (χ1v) is 9.34. The second-order valence-corrected chi connectivity index (χ2v) is 8.54. The smallest absolute Gasteiger partial charge is 0.287 e. The second-order valence-electron chi connectivity index (χ2n) is 8.20. The molecule has 1 heterocycles. The molecule has 0 fully saturated rings. The van der Waals surface area contributed by atoms with Gasteiger partial charge in [-0.2, -0.15) is 0 Å². The van der Waals surface area contributed by atoms with Crippen molar-refractivity contribution in [2.45, 2.75) is 71.6 Å². The highest BCUT2D eigenvalue weighted by Gasteiger charge is 2.37. The van der Waals surface area contributed by atoms with E-state index in [-0.39, 0.29) is 5.76 Å². The fourth-order valence-corrected chi connectivity index (χ4v) is 3.65. The summed E-state index contributed by atoms with van der Waals surface area (Å²) in [6.45, 7) is 14.1. The van der Waals surface area contributed by atoms with Gasteiger partial charge >= 0.3 is 0 Å². The number of carbonyl (C=O) groups is 1. The van der Waals surface area contributed by atoms with Gasteiger partial charge in [0, 0.05) is 0 Å². The van der Waals surface area contributed by atoms with Crippen LogP contribution in [0.25, 0.3) is 0 Å². The first kappa shape index (κ1) is 19.8. The molecule has 0 bridgehead atoms. The highest BCUT2D eigenvalue weighted by atomic mass is 35.5. The molecule has 1 aliphatic rings. The fraction of sp³-hybridized carbons (Fsp3) is 0.500. The van der Waals surface area contributed by atoms with Crippen LogP contribution in [-0.2, 0) is 17.3 Å². The minimum atomic E-state index is -0.560. The molecule has 3 heteroatoms. The Bertz CT molecular complexity index is 740. The molecule has 0 saturated heterocycles. The average Bonchev–Trinajstić information content (AvgIpc) is 3.07. The standard InChI is InChI=1S/C17H26.C5H3ClO2/c1-7-13-11-15-14(10-12(13)2)16(3,4)8-9-17(15,5)6;6-5(7)4-2-1-3-8-4/h10-11H,7-9H2,1-6H3;1-3H. The van der Waals surface area contributed by atoms with Crippen molar-refractivity contribution in [1.29, 1.82) is 0 Å². The molecular formula is C22H29ClO2. The van der Waals surface area contributed by atoms with Crippen molar-refractivity contribution in [3.05, 3.63) is 58.5 Å². The van der Waals surface area contributed by atoms with Crippen LogP contribution >= 0.6 is 11.6 Å². The van der Waals surface area contributed by atoms with Crippen LogP contribution < -0.4 is 0 Å². The molecule has 0 amide bonds. The first-order valence-electron chi connectivity index (χ1n) is 8.96. The SMILES string of the molecule is CCc1cc2c(cc1C)C(C)(C)CCC2(C)C.O=C(Cl)c1ccco1. The Balaban J connectivity index is 0.000000236. The Morgan fingerprint density at radius 2 is 1.68 bits per heavy atom. The van der Waals surface area contributed by atoms with E-state index >= 15 is 0 Å². The minimum absolute atomic E-state index is 0.187. The summed E-state index contributed by atoms with van der Waals surface area (Å²) in [5, 5.41) is -0.560. The Kier molecular flexibility index (Phi) is 5.83. The summed E-state index contributed by atoms with van der Waals surface area (Å²) < 4.78 is 4.61. The zero-order chi connectivity index (χ0) is 18.8. The van der Waals surface area contributed by atoms with Crippen molar-refractivity contribution in [2.75, 3.05) is 0 Å². The minimum Gasteiger partial charge on any atom is -0.460 e. The number of furan rings is 1. The van der Waals surface area contributed by atoms with Gasteiger partial charge in [0.15, 0.2) is 5.76 Å². The van der Waals surface area contributed by atoms with Gasteiger partial charge in [-0.1, -0.05) is 46.8 Å². The van der Waals surface area contributed by atoms with E-state index in [1.807, 2.05) is 0 Å². The number of hydrogen-bond acceptors (Lipinski definition) is 2. The molecular weight excluding hydrogens is 332 g/mol. The van der Waals surface area contributed by atoms with Gasteiger partial charge < -0.3 is 4.42 Å². The Labute approximate surface area is 156 Å². The number of hydrogen-bond donors (Lipinski definition) is 0. The van der Waals surface area contributed by atoms with Crippen LogP contribution in [0.5, 0.6) is 0 Å². The third-order valence-electron chi connectivity index (χ3n) is 5.41. The quantitative estimate of drug-likeness (QED) is 0.567. The van der Waals surface area contributed by atoms with Gasteiger partial charge in [-0.15, -0.1) is 0 Å². The average molecular weight is 361 g/mol. The van der Waals surface area contributed by atoms with Crippen LogP contribution in [0.15, 0.2) is 34.9 Å². The molecule has 1 aromatic carbocycles. The number of aryl methyl sites for hydroxylation is 2. The summed E-state index contributed by atoms with van der Waals surface area (Å²) >= 11 is 5.01.